The second kappa shape index (κ2) is 6.37. The predicted octanol–water partition coefficient (Wildman–Crippen LogP) is 1.83. The summed E-state index contributed by atoms with van der Waals surface area (Å²) >= 11 is 0. The highest BCUT2D eigenvalue weighted by Gasteiger charge is 2.31. The maximum absolute atomic E-state index is 11.7. The molecule has 0 N–H and O–H groups in total. The fourth-order valence-corrected chi connectivity index (χ4v) is 3.23. The molecule has 1 fully saturated rings. The van der Waals surface area contributed by atoms with E-state index in [2.05, 4.69) is 17.1 Å². The molecular weight excluding hydrogens is 298 g/mol. The fraction of sp³-hybridized carbons (Fsp3) is 0.438. The fourth-order valence-electron chi connectivity index (χ4n) is 3.23. The molecule has 7 heteroatoms. The van der Waals surface area contributed by atoms with Gasteiger partial charge in [-0.05, 0) is 18.6 Å². The van der Waals surface area contributed by atoms with Crippen LogP contribution in [0.5, 0.6) is 0 Å². The maximum Gasteiger partial charge on any atom is 0.337 e. The molecule has 0 aliphatic carbocycles. The number of rotatable bonds is 4. The summed E-state index contributed by atoms with van der Waals surface area (Å²) < 4.78 is 4.71. The lowest BCUT2D eigenvalue weighted by Crippen LogP contribution is -2.35. The number of nitro benzene ring substituents is 1. The molecule has 2 aliphatic heterocycles. The van der Waals surface area contributed by atoms with Crippen LogP contribution in [0, 0.1) is 10.1 Å². The Hall–Kier alpha value is -2.41. The number of anilines is 1. The number of methoxy groups -OCH3 is 1. The molecule has 3 rings (SSSR count). The van der Waals surface area contributed by atoms with Crippen molar-refractivity contribution in [1.29, 1.82) is 0 Å². The van der Waals surface area contributed by atoms with E-state index in [0.717, 1.165) is 32.6 Å². The van der Waals surface area contributed by atoms with Crippen LogP contribution < -0.4 is 4.90 Å². The standard InChI is InChI=1S/C16H19N3O4/c1-23-16(20)12-4-5-14(19(21)22)15(10-12)18-9-6-13(11-18)17-7-2-3-8-17/h2-5,10,13H,6-9,11H2,1H3/t13-/m0/s1. The first-order valence-corrected chi connectivity index (χ1v) is 7.61. The van der Waals surface area contributed by atoms with Crippen LogP contribution in [-0.2, 0) is 4.74 Å². The minimum Gasteiger partial charge on any atom is -0.465 e. The van der Waals surface area contributed by atoms with Gasteiger partial charge in [0.2, 0.25) is 0 Å². The lowest BCUT2D eigenvalue weighted by molar-refractivity contribution is -0.384. The Morgan fingerprint density at radius 3 is 2.74 bits per heavy atom. The third-order valence-electron chi connectivity index (χ3n) is 4.46. The highest BCUT2D eigenvalue weighted by atomic mass is 16.6. The molecule has 2 aliphatic rings. The van der Waals surface area contributed by atoms with Crippen molar-refractivity contribution in [1.82, 2.24) is 4.90 Å². The van der Waals surface area contributed by atoms with Gasteiger partial charge in [0.15, 0.2) is 0 Å². The zero-order chi connectivity index (χ0) is 16.4. The topological polar surface area (TPSA) is 75.9 Å². The Bertz CT molecular complexity index is 651. The first-order valence-electron chi connectivity index (χ1n) is 7.61. The van der Waals surface area contributed by atoms with E-state index in [0.29, 0.717) is 17.3 Å². The molecule has 0 saturated carbocycles. The number of carbonyl (C=O) groups excluding carboxylic acids is 1. The normalized spacial score (nSPS) is 20.9. The summed E-state index contributed by atoms with van der Waals surface area (Å²) in [4.78, 5) is 27.0. The Morgan fingerprint density at radius 1 is 1.35 bits per heavy atom. The summed E-state index contributed by atoms with van der Waals surface area (Å²) in [5.41, 5.74) is 0.852. The molecule has 7 nitrogen and oxygen atoms in total. The Kier molecular flexibility index (Phi) is 4.29. The van der Waals surface area contributed by atoms with E-state index in [1.54, 1.807) is 6.07 Å². The van der Waals surface area contributed by atoms with Gasteiger partial charge in [-0.15, -0.1) is 0 Å². The summed E-state index contributed by atoms with van der Waals surface area (Å²) in [5, 5.41) is 11.3. The second-order valence-corrected chi connectivity index (χ2v) is 5.77. The molecule has 23 heavy (non-hydrogen) atoms. The highest BCUT2D eigenvalue weighted by Crippen LogP contribution is 2.33. The number of nitrogens with zero attached hydrogens (tertiary/aromatic N) is 3. The van der Waals surface area contributed by atoms with Crippen molar-refractivity contribution >= 4 is 17.3 Å². The van der Waals surface area contributed by atoms with E-state index < -0.39 is 10.9 Å². The highest BCUT2D eigenvalue weighted by molar-refractivity contribution is 5.91. The van der Waals surface area contributed by atoms with Gasteiger partial charge in [0, 0.05) is 38.3 Å². The van der Waals surface area contributed by atoms with E-state index in [1.807, 2.05) is 4.90 Å². The molecular formula is C16H19N3O4. The predicted molar refractivity (Wildman–Crippen MR) is 85.8 cm³/mol. The molecule has 122 valence electrons. The smallest absolute Gasteiger partial charge is 0.337 e. The molecule has 0 amide bonds. The van der Waals surface area contributed by atoms with Crippen LogP contribution in [0.3, 0.4) is 0 Å². The van der Waals surface area contributed by atoms with Crippen LogP contribution in [0.2, 0.25) is 0 Å². The average Bonchev–Trinajstić information content (AvgIpc) is 3.24. The summed E-state index contributed by atoms with van der Waals surface area (Å²) in [6.45, 7) is 3.34. The van der Waals surface area contributed by atoms with Crippen molar-refractivity contribution in [2.45, 2.75) is 12.5 Å². The van der Waals surface area contributed by atoms with Crippen molar-refractivity contribution < 1.29 is 14.5 Å². The first kappa shape index (κ1) is 15.5. The third kappa shape index (κ3) is 3.05. The number of carbonyl (C=O) groups is 1. The quantitative estimate of drug-likeness (QED) is 0.365. The lowest BCUT2D eigenvalue weighted by Gasteiger charge is -2.24. The zero-order valence-electron chi connectivity index (χ0n) is 13.0. The van der Waals surface area contributed by atoms with Gasteiger partial charge in [-0.25, -0.2) is 4.79 Å². The van der Waals surface area contributed by atoms with Gasteiger partial charge >= 0.3 is 5.97 Å². The minimum absolute atomic E-state index is 0.0258. The molecule has 0 unspecified atom stereocenters. The number of hydrogen-bond acceptors (Lipinski definition) is 6. The number of hydrogen-bond donors (Lipinski definition) is 0. The van der Waals surface area contributed by atoms with Gasteiger partial charge in [-0.2, -0.15) is 0 Å². The summed E-state index contributed by atoms with van der Waals surface area (Å²) in [6, 6.07) is 4.76. The van der Waals surface area contributed by atoms with Gasteiger partial charge in [0.05, 0.1) is 17.6 Å². The van der Waals surface area contributed by atoms with Crippen LogP contribution in [0.25, 0.3) is 0 Å². The molecule has 1 aromatic carbocycles. The molecule has 0 radical (unpaired) electrons. The van der Waals surface area contributed by atoms with Crippen LogP contribution in [0.4, 0.5) is 11.4 Å². The van der Waals surface area contributed by atoms with E-state index in [1.165, 1.54) is 19.2 Å². The van der Waals surface area contributed by atoms with E-state index in [-0.39, 0.29) is 5.69 Å². The van der Waals surface area contributed by atoms with Crippen LogP contribution in [0.1, 0.15) is 16.8 Å². The van der Waals surface area contributed by atoms with Crippen molar-refractivity contribution in [3.63, 3.8) is 0 Å². The lowest BCUT2D eigenvalue weighted by atomic mass is 10.1. The van der Waals surface area contributed by atoms with Crippen molar-refractivity contribution in [2.75, 3.05) is 38.2 Å². The Labute approximate surface area is 134 Å². The van der Waals surface area contributed by atoms with E-state index >= 15 is 0 Å². The number of benzene rings is 1. The molecule has 2 heterocycles. The monoisotopic (exact) mass is 317 g/mol. The van der Waals surface area contributed by atoms with Gasteiger partial charge < -0.3 is 9.64 Å². The van der Waals surface area contributed by atoms with Gasteiger partial charge in [-0.3, -0.25) is 15.0 Å². The third-order valence-corrected chi connectivity index (χ3v) is 4.46. The maximum atomic E-state index is 11.7. The molecule has 1 atom stereocenters. The van der Waals surface area contributed by atoms with Crippen LogP contribution in [-0.4, -0.2) is 55.1 Å². The number of esters is 1. The van der Waals surface area contributed by atoms with Gasteiger partial charge in [0.1, 0.15) is 5.69 Å². The summed E-state index contributed by atoms with van der Waals surface area (Å²) in [7, 11) is 1.30. The second-order valence-electron chi connectivity index (χ2n) is 5.77. The Morgan fingerprint density at radius 2 is 2.09 bits per heavy atom. The molecule has 0 bridgehead atoms. The van der Waals surface area contributed by atoms with Crippen molar-refractivity contribution in [3.8, 4) is 0 Å². The summed E-state index contributed by atoms with van der Waals surface area (Å²) in [6.07, 6.45) is 5.24. The van der Waals surface area contributed by atoms with Crippen LogP contribution in [0.15, 0.2) is 30.4 Å². The van der Waals surface area contributed by atoms with Crippen molar-refractivity contribution in [2.24, 2.45) is 0 Å². The van der Waals surface area contributed by atoms with E-state index in [4.69, 9.17) is 4.74 Å². The van der Waals surface area contributed by atoms with Crippen LogP contribution >= 0.6 is 0 Å². The number of nitro groups is 1. The minimum atomic E-state index is -0.486. The summed E-state index contributed by atoms with van der Waals surface area (Å²) in [5.74, 6) is -0.486. The Balaban J connectivity index is 1.85. The van der Waals surface area contributed by atoms with Gasteiger partial charge in [0.25, 0.3) is 5.69 Å². The van der Waals surface area contributed by atoms with Gasteiger partial charge in [-0.1, -0.05) is 12.2 Å². The number of ether oxygens (including phenoxy) is 1. The first-order chi connectivity index (χ1) is 11.1. The van der Waals surface area contributed by atoms with E-state index in [9.17, 15) is 14.9 Å². The largest absolute Gasteiger partial charge is 0.465 e. The van der Waals surface area contributed by atoms with Crippen molar-refractivity contribution in [3.05, 3.63) is 46.0 Å². The molecule has 0 aromatic heterocycles. The average molecular weight is 317 g/mol. The zero-order valence-corrected chi connectivity index (χ0v) is 13.0. The molecule has 1 aromatic rings. The molecule has 0 spiro atoms. The SMILES string of the molecule is COC(=O)c1ccc([N+](=O)[O-])c(N2CC[C@H](N3CC=CC3)C2)c1. The molecule has 1 saturated heterocycles.